The zero-order chi connectivity index (χ0) is 12.8. The molecular formula is C11H23ClO3S. The molecule has 3 nitrogen and oxygen atoms in total. The highest BCUT2D eigenvalue weighted by Gasteiger charge is 2.11. The average molecular weight is 271 g/mol. The van der Waals surface area contributed by atoms with Crippen LogP contribution in [0.5, 0.6) is 0 Å². The predicted molar refractivity (Wildman–Crippen MR) is 68.3 cm³/mol. The van der Waals surface area contributed by atoms with Gasteiger partial charge in [0.2, 0.25) is 9.05 Å². The summed E-state index contributed by atoms with van der Waals surface area (Å²) in [7, 11) is 1.80. The fourth-order valence-corrected chi connectivity index (χ4v) is 2.09. The molecule has 0 saturated heterocycles. The molecule has 0 saturated carbocycles. The van der Waals surface area contributed by atoms with Crippen LogP contribution in [0, 0.1) is 11.8 Å². The van der Waals surface area contributed by atoms with E-state index < -0.39 is 9.05 Å². The maximum atomic E-state index is 10.7. The number of hydrogen-bond acceptors (Lipinski definition) is 3. The normalized spacial score (nSPS) is 16.4. The Morgan fingerprint density at radius 2 is 1.69 bits per heavy atom. The Hall–Kier alpha value is 0.200. The van der Waals surface area contributed by atoms with Gasteiger partial charge in [-0.15, -0.1) is 0 Å². The van der Waals surface area contributed by atoms with Gasteiger partial charge < -0.3 is 4.74 Å². The van der Waals surface area contributed by atoms with Crippen molar-refractivity contribution in [2.45, 2.75) is 46.6 Å². The fraction of sp³-hybridized carbons (Fsp3) is 1.00. The van der Waals surface area contributed by atoms with Gasteiger partial charge in [0, 0.05) is 17.3 Å². The van der Waals surface area contributed by atoms with Crippen molar-refractivity contribution in [1.82, 2.24) is 0 Å². The summed E-state index contributed by atoms with van der Waals surface area (Å²) in [5.74, 6) is 0.890. The first-order chi connectivity index (χ1) is 7.22. The van der Waals surface area contributed by atoms with Crippen LogP contribution in [0.15, 0.2) is 0 Å². The maximum Gasteiger partial charge on any atom is 0.232 e. The van der Waals surface area contributed by atoms with E-state index in [-0.39, 0.29) is 11.9 Å². The molecule has 0 aliphatic carbocycles. The third-order valence-corrected chi connectivity index (χ3v) is 3.97. The molecule has 0 N–H and O–H groups in total. The number of halogens is 1. The van der Waals surface area contributed by atoms with E-state index >= 15 is 0 Å². The molecule has 0 spiro atoms. The first-order valence-electron chi connectivity index (χ1n) is 5.76. The largest absolute Gasteiger partial charge is 0.378 e. The van der Waals surface area contributed by atoms with Gasteiger partial charge >= 0.3 is 0 Å². The van der Waals surface area contributed by atoms with Crippen molar-refractivity contribution >= 4 is 19.7 Å². The van der Waals surface area contributed by atoms with Crippen LogP contribution in [-0.2, 0) is 13.8 Å². The summed E-state index contributed by atoms with van der Waals surface area (Å²) in [6.45, 7) is 9.00. The molecule has 0 bridgehead atoms. The quantitative estimate of drug-likeness (QED) is 0.637. The fourth-order valence-electron chi connectivity index (χ4n) is 1.13. The summed E-state index contributed by atoms with van der Waals surface area (Å²) in [6, 6.07) is 0. The van der Waals surface area contributed by atoms with Gasteiger partial charge in [-0.3, -0.25) is 0 Å². The highest BCUT2D eigenvalue weighted by atomic mass is 35.7. The van der Waals surface area contributed by atoms with Crippen LogP contribution in [0.25, 0.3) is 0 Å². The zero-order valence-electron chi connectivity index (χ0n) is 10.6. The van der Waals surface area contributed by atoms with E-state index in [1.54, 1.807) is 0 Å². The first-order valence-corrected chi connectivity index (χ1v) is 8.24. The van der Waals surface area contributed by atoms with Crippen LogP contribution >= 0.6 is 10.7 Å². The van der Waals surface area contributed by atoms with Crippen LogP contribution in [0.3, 0.4) is 0 Å². The van der Waals surface area contributed by atoms with E-state index in [1.807, 2.05) is 6.92 Å². The molecule has 0 fully saturated rings. The molecule has 0 rings (SSSR count). The van der Waals surface area contributed by atoms with Gasteiger partial charge in [-0.2, -0.15) is 0 Å². The third-order valence-electron chi connectivity index (χ3n) is 2.78. The van der Waals surface area contributed by atoms with Gasteiger partial charge in [0.25, 0.3) is 0 Å². The van der Waals surface area contributed by atoms with Gasteiger partial charge in [0.15, 0.2) is 0 Å². The van der Waals surface area contributed by atoms with E-state index in [1.165, 1.54) is 0 Å². The van der Waals surface area contributed by atoms with Crippen LogP contribution in [-0.4, -0.2) is 26.9 Å². The summed E-state index contributed by atoms with van der Waals surface area (Å²) in [5.41, 5.74) is 0. The Bertz CT molecular complexity index is 275. The highest BCUT2D eigenvalue weighted by Crippen LogP contribution is 2.13. The number of rotatable bonds is 8. The van der Waals surface area contributed by atoms with Crippen LogP contribution in [0.2, 0.25) is 0 Å². The van der Waals surface area contributed by atoms with Gasteiger partial charge in [0.05, 0.1) is 11.9 Å². The van der Waals surface area contributed by atoms with Crippen molar-refractivity contribution in [3.05, 3.63) is 0 Å². The highest BCUT2D eigenvalue weighted by molar-refractivity contribution is 8.13. The molecular weight excluding hydrogens is 248 g/mol. The summed E-state index contributed by atoms with van der Waals surface area (Å²) in [4.78, 5) is 0. The number of ether oxygens (including phenoxy) is 1. The zero-order valence-corrected chi connectivity index (χ0v) is 12.1. The van der Waals surface area contributed by atoms with Gasteiger partial charge in [0.1, 0.15) is 0 Å². The molecule has 0 radical (unpaired) electrons. The van der Waals surface area contributed by atoms with Crippen molar-refractivity contribution < 1.29 is 13.2 Å². The second kappa shape index (κ2) is 7.51. The lowest BCUT2D eigenvalue weighted by molar-refractivity contribution is 0.0286. The molecule has 0 aliphatic rings. The van der Waals surface area contributed by atoms with Crippen molar-refractivity contribution in [3.8, 4) is 0 Å². The second-order valence-corrected chi connectivity index (χ2v) is 7.64. The monoisotopic (exact) mass is 270 g/mol. The van der Waals surface area contributed by atoms with Crippen LogP contribution in [0.1, 0.15) is 40.5 Å². The lowest BCUT2D eigenvalue weighted by atomic mass is 10.1. The van der Waals surface area contributed by atoms with Crippen molar-refractivity contribution in [2.24, 2.45) is 11.8 Å². The Morgan fingerprint density at radius 3 is 2.12 bits per heavy atom. The first kappa shape index (κ1) is 16.2. The minimum atomic E-state index is -3.34. The smallest absolute Gasteiger partial charge is 0.232 e. The van der Waals surface area contributed by atoms with Crippen LogP contribution < -0.4 is 0 Å². The SMILES string of the molecule is CC(CCOC(C)C(C)C)CCS(=O)(=O)Cl. The van der Waals surface area contributed by atoms with E-state index in [0.29, 0.717) is 24.9 Å². The summed E-state index contributed by atoms with van der Waals surface area (Å²) in [6.07, 6.45) is 1.73. The molecule has 98 valence electrons. The molecule has 0 aromatic rings. The molecule has 0 heterocycles. The summed E-state index contributed by atoms with van der Waals surface area (Å²) in [5, 5.41) is 0. The Kier molecular flexibility index (Phi) is 7.61. The van der Waals surface area contributed by atoms with Crippen molar-refractivity contribution in [2.75, 3.05) is 12.4 Å². The second-order valence-electron chi connectivity index (χ2n) is 4.75. The lowest BCUT2D eigenvalue weighted by Crippen LogP contribution is -2.17. The Labute approximate surface area is 104 Å². The standard InChI is InChI=1S/C11H23ClO3S/c1-9(2)11(4)15-7-5-10(3)6-8-16(12,13)14/h9-11H,5-8H2,1-4H3. The molecule has 5 heteroatoms. The van der Waals surface area contributed by atoms with Crippen LogP contribution in [0.4, 0.5) is 0 Å². The molecule has 2 unspecified atom stereocenters. The maximum absolute atomic E-state index is 10.7. The minimum Gasteiger partial charge on any atom is -0.378 e. The molecule has 0 aromatic heterocycles. The van der Waals surface area contributed by atoms with E-state index in [9.17, 15) is 8.42 Å². The Morgan fingerprint density at radius 1 is 1.12 bits per heavy atom. The molecule has 16 heavy (non-hydrogen) atoms. The molecule has 0 amide bonds. The van der Waals surface area contributed by atoms with Gasteiger partial charge in [-0.05, 0) is 31.6 Å². The number of hydrogen-bond donors (Lipinski definition) is 0. The summed E-state index contributed by atoms with van der Waals surface area (Å²) < 4.78 is 27.1. The summed E-state index contributed by atoms with van der Waals surface area (Å²) >= 11 is 0. The van der Waals surface area contributed by atoms with Gasteiger partial charge in [-0.1, -0.05) is 20.8 Å². The lowest BCUT2D eigenvalue weighted by Gasteiger charge is -2.18. The van der Waals surface area contributed by atoms with Crippen molar-refractivity contribution in [1.29, 1.82) is 0 Å². The van der Waals surface area contributed by atoms with E-state index in [2.05, 4.69) is 20.8 Å². The molecule has 2 atom stereocenters. The molecule has 0 aliphatic heterocycles. The molecule has 0 aromatic carbocycles. The predicted octanol–water partition coefficient (Wildman–Crippen LogP) is 3.03. The van der Waals surface area contributed by atoms with Crippen molar-refractivity contribution in [3.63, 3.8) is 0 Å². The topological polar surface area (TPSA) is 43.4 Å². The van der Waals surface area contributed by atoms with E-state index in [4.69, 9.17) is 15.4 Å². The Balaban J connectivity index is 3.62. The van der Waals surface area contributed by atoms with Gasteiger partial charge in [-0.25, -0.2) is 8.42 Å². The minimum absolute atomic E-state index is 0.0510. The average Bonchev–Trinajstić information content (AvgIpc) is 2.13. The third kappa shape index (κ3) is 9.43. The van der Waals surface area contributed by atoms with E-state index in [0.717, 1.165) is 6.42 Å².